The fourth-order valence-corrected chi connectivity index (χ4v) is 8.54. The molecule has 5 rings (SSSR count). The SMILES string of the molecule is CN1C(=O)C=C[C@]2(C)C3CC[C@@]4(C)C(CC[C@@H]4CC(=O)NCc4cccc(Cl)c4)C3CCC12. The molecule has 5 heteroatoms. The van der Waals surface area contributed by atoms with Crippen molar-refractivity contribution in [2.45, 2.75) is 71.4 Å². The normalized spacial score (nSPS) is 39.6. The molecular formula is C28H37ClN2O2. The second-order valence-corrected chi connectivity index (χ2v) is 12.0. The van der Waals surface area contributed by atoms with Gasteiger partial charge in [0.15, 0.2) is 0 Å². The van der Waals surface area contributed by atoms with Gasteiger partial charge in [-0.25, -0.2) is 0 Å². The molecule has 7 atom stereocenters. The number of fused-ring (bicyclic) bond motifs is 5. The van der Waals surface area contributed by atoms with E-state index in [0.717, 1.165) is 18.4 Å². The number of nitrogens with one attached hydrogen (secondary N) is 1. The number of carbonyl (C=O) groups excluding carboxylic acids is 2. The predicted molar refractivity (Wildman–Crippen MR) is 131 cm³/mol. The number of likely N-dealkylation sites (N-methyl/N-ethyl adjacent to an activating group) is 1. The van der Waals surface area contributed by atoms with Crippen LogP contribution in [0.1, 0.15) is 64.4 Å². The summed E-state index contributed by atoms with van der Waals surface area (Å²) < 4.78 is 0. The van der Waals surface area contributed by atoms with Crippen LogP contribution in [0.3, 0.4) is 0 Å². The van der Waals surface area contributed by atoms with Crippen molar-refractivity contribution in [1.82, 2.24) is 10.2 Å². The molecule has 0 radical (unpaired) electrons. The first kappa shape index (κ1) is 23.0. The lowest BCUT2D eigenvalue weighted by Crippen LogP contribution is -2.59. The molecular weight excluding hydrogens is 432 g/mol. The van der Waals surface area contributed by atoms with E-state index >= 15 is 0 Å². The van der Waals surface area contributed by atoms with Crippen molar-refractivity contribution < 1.29 is 9.59 Å². The molecule has 2 amide bonds. The van der Waals surface area contributed by atoms with Crippen LogP contribution in [0.4, 0.5) is 0 Å². The zero-order valence-electron chi connectivity index (χ0n) is 20.1. The molecule has 3 aliphatic carbocycles. The van der Waals surface area contributed by atoms with E-state index in [2.05, 4.69) is 25.2 Å². The Balaban J connectivity index is 1.26. The Labute approximate surface area is 203 Å². The lowest BCUT2D eigenvalue weighted by Gasteiger charge is -2.60. The van der Waals surface area contributed by atoms with Crippen LogP contribution < -0.4 is 5.32 Å². The van der Waals surface area contributed by atoms with E-state index in [1.54, 1.807) is 0 Å². The Hall–Kier alpha value is -1.81. The van der Waals surface area contributed by atoms with Gasteiger partial charge in [-0.3, -0.25) is 9.59 Å². The second kappa shape index (κ2) is 8.45. The Morgan fingerprint density at radius 1 is 1.15 bits per heavy atom. The summed E-state index contributed by atoms with van der Waals surface area (Å²) in [6, 6.07) is 8.03. The molecule has 4 aliphatic rings. The number of hydrogen-bond donors (Lipinski definition) is 1. The summed E-state index contributed by atoms with van der Waals surface area (Å²) in [7, 11) is 1.98. The summed E-state index contributed by atoms with van der Waals surface area (Å²) in [5.74, 6) is 2.80. The van der Waals surface area contributed by atoms with Crippen LogP contribution in [-0.2, 0) is 16.1 Å². The Kier molecular flexibility index (Phi) is 5.87. The number of amides is 2. The predicted octanol–water partition coefficient (Wildman–Crippen LogP) is 5.60. The summed E-state index contributed by atoms with van der Waals surface area (Å²) in [5, 5.41) is 3.84. The van der Waals surface area contributed by atoms with Crippen molar-refractivity contribution in [2.75, 3.05) is 7.05 Å². The molecule has 0 spiro atoms. The molecule has 4 unspecified atom stereocenters. The number of nitrogens with zero attached hydrogens (tertiary/aromatic N) is 1. The number of benzene rings is 1. The standard InChI is InChI=1S/C28H37ClN2O2/c1-27-13-11-23-21(8-10-24-28(23,2)14-12-26(33)31(24)3)22(27)9-7-19(27)16-25(32)30-17-18-5-4-6-20(29)15-18/h4-6,12,14-15,19,21-24H,7-11,13,16-17H2,1-3H3,(H,30,32)/t19-,21?,22?,23?,24?,27-,28-/m1/s1. The van der Waals surface area contributed by atoms with Crippen molar-refractivity contribution >= 4 is 23.4 Å². The third-order valence-corrected chi connectivity index (χ3v) is 10.4. The van der Waals surface area contributed by atoms with E-state index in [1.165, 1.54) is 25.7 Å². The van der Waals surface area contributed by atoms with Gasteiger partial charge in [-0.2, -0.15) is 0 Å². The number of hydrogen-bond acceptors (Lipinski definition) is 2. The monoisotopic (exact) mass is 468 g/mol. The molecule has 3 saturated carbocycles. The summed E-state index contributed by atoms with van der Waals surface area (Å²) in [6.07, 6.45) is 11.8. The van der Waals surface area contributed by atoms with Crippen LogP contribution >= 0.6 is 11.6 Å². The molecule has 4 nitrogen and oxygen atoms in total. The number of halogens is 1. The minimum Gasteiger partial charge on any atom is -0.352 e. The maximum Gasteiger partial charge on any atom is 0.246 e. The van der Waals surface area contributed by atoms with Crippen molar-refractivity contribution in [2.24, 2.45) is 34.5 Å². The topological polar surface area (TPSA) is 49.4 Å². The minimum atomic E-state index is 0.0827. The van der Waals surface area contributed by atoms with Gasteiger partial charge in [0.05, 0.1) is 0 Å². The summed E-state index contributed by atoms with van der Waals surface area (Å²) in [6.45, 7) is 5.40. The van der Waals surface area contributed by atoms with E-state index in [-0.39, 0.29) is 22.6 Å². The van der Waals surface area contributed by atoms with Gasteiger partial charge in [0, 0.05) is 36.5 Å². The third kappa shape index (κ3) is 3.83. The number of carbonyl (C=O) groups is 2. The molecule has 1 aromatic rings. The van der Waals surface area contributed by atoms with Crippen LogP contribution in [0, 0.1) is 34.5 Å². The van der Waals surface area contributed by atoms with Crippen molar-refractivity contribution in [3.63, 3.8) is 0 Å². The van der Waals surface area contributed by atoms with Crippen molar-refractivity contribution in [3.8, 4) is 0 Å². The third-order valence-electron chi connectivity index (χ3n) is 10.1. The molecule has 0 bridgehead atoms. The highest BCUT2D eigenvalue weighted by Gasteiger charge is 2.60. The first-order chi connectivity index (χ1) is 15.7. The molecule has 3 fully saturated rings. The Morgan fingerprint density at radius 2 is 1.97 bits per heavy atom. The molecule has 33 heavy (non-hydrogen) atoms. The second-order valence-electron chi connectivity index (χ2n) is 11.5. The maximum absolute atomic E-state index is 12.9. The van der Waals surface area contributed by atoms with Gasteiger partial charge in [-0.15, -0.1) is 0 Å². The molecule has 1 aromatic carbocycles. The lowest BCUT2D eigenvalue weighted by atomic mass is 9.47. The Morgan fingerprint density at radius 3 is 2.76 bits per heavy atom. The fraction of sp³-hybridized carbons (Fsp3) is 0.643. The molecule has 1 aliphatic heterocycles. The van der Waals surface area contributed by atoms with Crippen LogP contribution in [-0.4, -0.2) is 29.8 Å². The first-order valence-electron chi connectivity index (χ1n) is 12.7. The van der Waals surface area contributed by atoms with Gasteiger partial charge in [-0.1, -0.05) is 43.7 Å². The van der Waals surface area contributed by atoms with Crippen LogP contribution in [0.5, 0.6) is 0 Å². The molecule has 1 N–H and O–H groups in total. The van der Waals surface area contributed by atoms with E-state index in [1.807, 2.05) is 42.3 Å². The molecule has 0 aromatic heterocycles. The summed E-state index contributed by atoms with van der Waals surface area (Å²) in [4.78, 5) is 27.1. The van der Waals surface area contributed by atoms with Gasteiger partial charge in [0.2, 0.25) is 11.8 Å². The first-order valence-corrected chi connectivity index (χ1v) is 13.1. The van der Waals surface area contributed by atoms with E-state index in [0.29, 0.717) is 47.7 Å². The summed E-state index contributed by atoms with van der Waals surface area (Å²) >= 11 is 6.08. The number of rotatable bonds is 4. The minimum absolute atomic E-state index is 0.0827. The average molecular weight is 469 g/mol. The van der Waals surface area contributed by atoms with Crippen LogP contribution in [0.15, 0.2) is 36.4 Å². The smallest absolute Gasteiger partial charge is 0.246 e. The highest BCUT2D eigenvalue weighted by molar-refractivity contribution is 6.30. The van der Waals surface area contributed by atoms with Crippen molar-refractivity contribution in [3.05, 3.63) is 47.0 Å². The average Bonchev–Trinajstić information content (AvgIpc) is 3.11. The Bertz CT molecular complexity index is 976. The van der Waals surface area contributed by atoms with Crippen LogP contribution in [0.2, 0.25) is 5.02 Å². The van der Waals surface area contributed by atoms with Gasteiger partial charge in [0.25, 0.3) is 0 Å². The zero-order valence-corrected chi connectivity index (χ0v) is 20.9. The van der Waals surface area contributed by atoms with E-state index in [4.69, 9.17) is 11.6 Å². The molecule has 0 saturated heterocycles. The van der Waals surface area contributed by atoms with E-state index < -0.39 is 0 Å². The van der Waals surface area contributed by atoms with Gasteiger partial charge in [0.1, 0.15) is 0 Å². The largest absolute Gasteiger partial charge is 0.352 e. The van der Waals surface area contributed by atoms with Gasteiger partial charge in [-0.05, 0) is 91.4 Å². The summed E-state index contributed by atoms with van der Waals surface area (Å²) in [5.41, 5.74) is 1.37. The highest BCUT2D eigenvalue weighted by atomic mass is 35.5. The van der Waals surface area contributed by atoms with Crippen molar-refractivity contribution in [1.29, 1.82) is 0 Å². The molecule has 1 heterocycles. The quantitative estimate of drug-likeness (QED) is 0.625. The molecule has 178 valence electrons. The van der Waals surface area contributed by atoms with Gasteiger partial charge >= 0.3 is 0 Å². The lowest BCUT2D eigenvalue weighted by molar-refractivity contribution is -0.139. The highest BCUT2D eigenvalue weighted by Crippen LogP contribution is 2.65. The van der Waals surface area contributed by atoms with Gasteiger partial charge < -0.3 is 10.2 Å². The fourth-order valence-electron chi connectivity index (χ4n) is 8.33. The van der Waals surface area contributed by atoms with Crippen LogP contribution in [0.25, 0.3) is 0 Å². The van der Waals surface area contributed by atoms with E-state index in [9.17, 15) is 9.59 Å². The maximum atomic E-state index is 12.9. The zero-order chi connectivity index (χ0) is 23.4.